The van der Waals surface area contributed by atoms with E-state index < -0.39 is 0 Å². The number of rotatable bonds is 4. The molecule has 2 saturated carbocycles. The van der Waals surface area contributed by atoms with Gasteiger partial charge in [-0.2, -0.15) is 5.26 Å². The third-order valence-corrected chi connectivity index (χ3v) is 17.3. The van der Waals surface area contributed by atoms with Gasteiger partial charge in [-0.25, -0.2) is 4.85 Å². The summed E-state index contributed by atoms with van der Waals surface area (Å²) >= 11 is 0. The van der Waals surface area contributed by atoms with Gasteiger partial charge in [0.2, 0.25) is 0 Å². The molecule has 62 heavy (non-hydrogen) atoms. The molecule has 0 bridgehead atoms. The lowest BCUT2D eigenvalue weighted by molar-refractivity contribution is 0.195. The Kier molecular flexibility index (Phi) is 7.89. The maximum atomic E-state index is 9.57. The van der Waals surface area contributed by atoms with E-state index >= 15 is 0 Å². The summed E-state index contributed by atoms with van der Waals surface area (Å²) in [7, 11) is 0. The largest absolute Gasteiger partial charge is 0.335 e. The molecule has 5 atom stereocenters. The van der Waals surface area contributed by atoms with Gasteiger partial charge >= 0.3 is 0 Å². The van der Waals surface area contributed by atoms with Crippen LogP contribution in [0.25, 0.3) is 38.4 Å². The second-order valence-corrected chi connectivity index (χ2v) is 20.0. The van der Waals surface area contributed by atoms with Gasteiger partial charge in [0.25, 0.3) is 0 Å². The zero-order valence-electron chi connectivity index (χ0n) is 36.4. The summed E-state index contributed by atoms with van der Waals surface area (Å²) in [6, 6.07) is 43.0. The molecule has 4 nitrogen and oxygen atoms in total. The fourth-order valence-electron chi connectivity index (χ4n) is 13.6. The average Bonchev–Trinajstić information content (AvgIpc) is 3.65. The van der Waals surface area contributed by atoms with Crippen LogP contribution in [0.4, 0.5) is 28.4 Å². The van der Waals surface area contributed by atoms with Crippen LogP contribution in [0.1, 0.15) is 124 Å². The SMILES string of the molecule is [C-]#[N+]c1ccc(N2c3ccc(-c4ccc5c6c7c(ccc46)C=CC(c4ccc6c(c4)C4(C)CCCCC4(C)N6c4ccc(C#N)cc4)C7=CC5)cc3C3(C)CCCCC23C)cc1. The van der Waals surface area contributed by atoms with Crippen molar-refractivity contribution in [2.75, 3.05) is 9.80 Å². The summed E-state index contributed by atoms with van der Waals surface area (Å²) in [6.45, 7) is 17.5. The van der Waals surface area contributed by atoms with Crippen molar-refractivity contribution in [2.24, 2.45) is 0 Å². The zero-order chi connectivity index (χ0) is 42.2. The van der Waals surface area contributed by atoms with Gasteiger partial charge in [-0.1, -0.05) is 112 Å². The van der Waals surface area contributed by atoms with E-state index in [-0.39, 0.29) is 27.8 Å². The summed E-state index contributed by atoms with van der Waals surface area (Å²) in [4.78, 5) is 8.91. The summed E-state index contributed by atoms with van der Waals surface area (Å²) in [5.74, 6) is 0.177. The minimum Gasteiger partial charge on any atom is -0.335 e. The molecule has 0 radical (unpaired) electrons. The molecule has 0 saturated heterocycles. The standard InChI is InChI=1S/C58H52N4/c1-55-30-6-8-32-57(55,3)61(43-20-10-37(36-59)11-21-43)51-28-16-40(34-49(51)55)45-24-12-38-15-27-48-46(25-13-39-14-26-47(45)53(38)54(39)48)41-17-29-52-50(35-41)56(2)31-7-9-33-58(56,4)62(52)44-22-18-42(60-5)19-23-44/h10-13,15-29,34-35,45H,6-9,14,30-33H2,1-4H3. The molecule has 12 rings (SSSR count). The maximum absolute atomic E-state index is 9.57. The molecule has 0 spiro atoms. The minimum absolute atomic E-state index is 0.00434. The molecule has 2 aliphatic heterocycles. The highest BCUT2D eigenvalue weighted by Crippen LogP contribution is 2.63. The van der Waals surface area contributed by atoms with Crippen molar-refractivity contribution >= 4 is 50.9 Å². The monoisotopic (exact) mass is 804 g/mol. The van der Waals surface area contributed by atoms with Crippen molar-refractivity contribution in [3.05, 3.63) is 172 Å². The zero-order valence-corrected chi connectivity index (χ0v) is 36.4. The van der Waals surface area contributed by atoms with Gasteiger partial charge in [-0.15, -0.1) is 0 Å². The predicted molar refractivity (Wildman–Crippen MR) is 256 cm³/mol. The predicted octanol–water partition coefficient (Wildman–Crippen LogP) is 15.2. The lowest BCUT2D eigenvalue weighted by atomic mass is 9.61. The Morgan fingerprint density at radius 2 is 1.31 bits per heavy atom. The van der Waals surface area contributed by atoms with Gasteiger partial charge in [0.1, 0.15) is 0 Å². The second kappa shape index (κ2) is 13.1. The summed E-state index contributed by atoms with van der Waals surface area (Å²) in [5.41, 5.74) is 18.8. The molecule has 0 aromatic heterocycles. The van der Waals surface area contributed by atoms with E-state index in [9.17, 15) is 5.26 Å². The van der Waals surface area contributed by atoms with Crippen LogP contribution in [0.15, 0.2) is 121 Å². The van der Waals surface area contributed by atoms with Crippen LogP contribution in [-0.2, 0) is 17.3 Å². The first-order valence-electron chi connectivity index (χ1n) is 23.0. The molecule has 2 heterocycles. The van der Waals surface area contributed by atoms with Crippen LogP contribution in [0.5, 0.6) is 0 Å². The third kappa shape index (κ3) is 4.82. The number of nitriles is 1. The Bertz CT molecular complexity index is 3050. The molecule has 4 aliphatic carbocycles. The van der Waals surface area contributed by atoms with E-state index in [1.54, 1.807) is 0 Å². The fraction of sp³-hybridized carbons (Fsp3) is 0.310. The Hall–Kier alpha value is -6.36. The van der Waals surface area contributed by atoms with Gasteiger partial charge < -0.3 is 9.80 Å². The smallest absolute Gasteiger partial charge is 0.187 e. The number of benzene rings is 6. The van der Waals surface area contributed by atoms with E-state index in [0.717, 1.165) is 19.3 Å². The number of hydrogen-bond acceptors (Lipinski definition) is 3. The molecule has 5 unspecified atom stereocenters. The molecule has 6 aromatic rings. The van der Waals surface area contributed by atoms with E-state index in [0.29, 0.717) is 11.3 Å². The Morgan fingerprint density at radius 1 is 0.677 bits per heavy atom. The van der Waals surface area contributed by atoms with E-state index in [4.69, 9.17) is 6.57 Å². The molecule has 2 fully saturated rings. The van der Waals surface area contributed by atoms with Crippen molar-refractivity contribution in [2.45, 2.75) is 113 Å². The summed E-state index contributed by atoms with van der Waals surface area (Å²) in [5, 5.41) is 12.3. The first kappa shape index (κ1) is 37.4. The fourth-order valence-corrected chi connectivity index (χ4v) is 13.6. The first-order chi connectivity index (χ1) is 30.1. The Labute approximate surface area is 366 Å². The molecule has 4 heteroatoms. The van der Waals surface area contributed by atoms with Gasteiger partial charge in [0, 0.05) is 39.5 Å². The lowest BCUT2D eigenvalue weighted by Gasteiger charge is -2.50. The minimum atomic E-state index is -0.0504. The lowest BCUT2D eigenvalue weighted by Crippen LogP contribution is -2.54. The van der Waals surface area contributed by atoms with Gasteiger partial charge in [0.15, 0.2) is 5.69 Å². The van der Waals surface area contributed by atoms with Crippen molar-refractivity contribution in [1.82, 2.24) is 0 Å². The quantitative estimate of drug-likeness (QED) is 0.167. The van der Waals surface area contributed by atoms with E-state index in [1.807, 2.05) is 24.3 Å². The first-order valence-corrected chi connectivity index (χ1v) is 23.0. The van der Waals surface area contributed by atoms with Crippen molar-refractivity contribution in [3.63, 3.8) is 0 Å². The van der Waals surface area contributed by atoms with Gasteiger partial charge in [-0.05, 0) is 161 Å². The van der Waals surface area contributed by atoms with Crippen molar-refractivity contribution in [1.29, 1.82) is 5.26 Å². The summed E-state index contributed by atoms with van der Waals surface area (Å²) in [6.07, 6.45) is 17.9. The number of hydrogen-bond donors (Lipinski definition) is 0. The number of fused-ring (bicyclic) bond motifs is 6. The molecule has 304 valence electrons. The highest BCUT2D eigenvalue weighted by molar-refractivity contribution is 6.09. The molecule has 0 amide bonds. The molecular weight excluding hydrogens is 753 g/mol. The van der Waals surface area contributed by atoms with Crippen LogP contribution in [0.2, 0.25) is 0 Å². The van der Waals surface area contributed by atoms with Crippen LogP contribution in [0, 0.1) is 17.9 Å². The molecular formula is C58H52N4. The number of anilines is 4. The highest BCUT2D eigenvalue weighted by atomic mass is 15.3. The van der Waals surface area contributed by atoms with Crippen LogP contribution >= 0.6 is 0 Å². The van der Waals surface area contributed by atoms with E-state index in [2.05, 4.69) is 152 Å². The topological polar surface area (TPSA) is 34.6 Å². The Morgan fingerprint density at radius 3 is 1.97 bits per heavy atom. The average molecular weight is 805 g/mol. The molecule has 0 N–H and O–H groups in total. The van der Waals surface area contributed by atoms with Crippen LogP contribution in [0.3, 0.4) is 0 Å². The van der Waals surface area contributed by atoms with Gasteiger partial charge in [0.05, 0.1) is 29.3 Å². The second-order valence-electron chi connectivity index (χ2n) is 20.0. The molecule has 6 aliphatic rings. The number of nitrogens with zero attached hydrogens (tertiary/aromatic N) is 4. The maximum Gasteiger partial charge on any atom is 0.187 e. The van der Waals surface area contributed by atoms with E-state index in [1.165, 1.54) is 122 Å². The van der Waals surface area contributed by atoms with Crippen LogP contribution in [-0.4, -0.2) is 11.1 Å². The third-order valence-electron chi connectivity index (χ3n) is 17.3. The van der Waals surface area contributed by atoms with Gasteiger partial charge in [-0.3, -0.25) is 0 Å². The number of allylic oxidation sites excluding steroid dienone is 3. The van der Waals surface area contributed by atoms with Crippen molar-refractivity contribution in [3.8, 4) is 17.2 Å². The summed E-state index contributed by atoms with van der Waals surface area (Å²) < 4.78 is 0. The molecule has 6 aromatic carbocycles. The normalized spacial score (nSPS) is 27.5. The highest BCUT2D eigenvalue weighted by Gasteiger charge is 2.59. The Balaban J connectivity index is 0.952. The van der Waals surface area contributed by atoms with Crippen LogP contribution < -0.4 is 9.80 Å². The van der Waals surface area contributed by atoms with Crippen molar-refractivity contribution < 1.29 is 0 Å².